The first-order valence-corrected chi connectivity index (χ1v) is 13.1. The lowest BCUT2D eigenvalue weighted by atomic mass is 10.0. The van der Waals surface area contributed by atoms with Crippen molar-refractivity contribution in [3.8, 4) is 28.7 Å². The van der Waals surface area contributed by atoms with Crippen LogP contribution >= 0.6 is 0 Å². The Morgan fingerprint density at radius 2 is 1.07 bits per heavy atom. The van der Waals surface area contributed by atoms with Crippen LogP contribution in [0.25, 0.3) is 34.7 Å². The molecular formula is C32H35N3O6. The summed E-state index contributed by atoms with van der Waals surface area (Å²) in [5.74, 6) is 1.64. The molecule has 0 saturated heterocycles. The van der Waals surface area contributed by atoms with E-state index in [9.17, 15) is 4.79 Å². The average molecular weight is 558 g/mol. The standard InChI is InChI=1S/C32H35N3O6/c1-20(2)40-30-26(32(36)34-35-33)16-24(17-27(30)37-5)14-12-22-8-10-23(11-9-22)13-15-25-18-28(38-6)31(41-21(3)4)29(19-25)39-7/h8-21H,1-7H3/b14-12+,15-13+. The predicted octanol–water partition coefficient (Wildman–Crippen LogP) is 8.08. The molecule has 0 atom stereocenters. The van der Waals surface area contributed by atoms with Crippen LogP contribution in [0.4, 0.5) is 0 Å². The first kappa shape index (κ1) is 30.7. The lowest BCUT2D eigenvalue weighted by Gasteiger charge is -2.17. The van der Waals surface area contributed by atoms with Crippen molar-refractivity contribution in [2.75, 3.05) is 21.3 Å². The number of hydrogen-bond donors (Lipinski definition) is 0. The molecule has 1 amide bonds. The van der Waals surface area contributed by atoms with Crippen molar-refractivity contribution in [2.24, 2.45) is 5.11 Å². The monoisotopic (exact) mass is 557 g/mol. The van der Waals surface area contributed by atoms with Crippen molar-refractivity contribution in [3.63, 3.8) is 0 Å². The highest BCUT2D eigenvalue weighted by molar-refractivity contribution is 5.99. The molecule has 0 aliphatic heterocycles. The Kier molecular flexibility index (Phi) is 10.8. The van der Waals surface area contributed by atoms with E-state index in [1.807, 2.05) is 88.4 Å². The zero-order chi connectivity index (χ0) is 29.9. The van der Waals surface area contributed by atoms with Gasteiger partial charge in [0.25, 0.3) is 5.91 Å². The van der Waals surface area contributed by atoms with E-state index in [0.717, 1.165) is 16.7 Å². The Bertz CT molecular complexity index is 1440. The molecule has 3 rings (SSSR count). The van der Waals surface area contributed by atoms with Crippen LogP contribution in [0.15, 0.2) is 53.6 Å². The van der Waals surface area contributed by atoms with Crippen LogP contribution in [0, 0.1) is 0 Å². The van der Waals surface area contributed by atoms with Crippen LogP contribution in [-0.2, 0) is 0 Å². The second-order valence-corrected chi connectivity index (χ2v) is 9.52. The van der Waals surface area contributed by atoms with E-state index in [1.54, 1.807) is 26.4 Å². The average Bonchev–Trinajstić information content (AvgIpc) is 2.95. The molecule has 9 heteroatoms. The van der Waals surface area contributed by atoms with Gasteiger partial charge in [-0.1, -0.05) is 48.6 Å². The maximum Gasteiger partial charge on any atom is 0.253 e. The molecule has 0 aliphatic rings. The first-order valence-electron chi connectivity index (χ1n) is 13.1. The predicted molar refractivity (Wildman–Crippen MR) is 162 cm³/mol. The van der Waals surface area contributed by atoms with Gasteiger partial charge in [0, 0.05) is 4.91 Å². The fourth-order valence-electron chi connectivity index (χ4n) is 3.93. The molecule has 3 aromatic rings. The Morgan fingerprint density at radius 3 is 1.49 bits per heavy atom. The summed E-state index contributed by atoms with van der Waals surface area (Å²) in [6, 6.07) is 15.1. The molecule has 3 aromatic carbocycles. The van der Waals surface area contributed by atoms with Gasteiger partial charge < -0.3 is 23.7 Å². The Labute approximate surface area is 240 Å². The molecular weight excluding hydrogens is 522 g/mol. The molecule has 0 fully saturated rings. The van der Waals surface area contributed by atoms with E-state index in [2.05, 4.69) is 10.0 Å². The molecule has 0 N–H and O–H groups in total. The van der Waals surface area contributed by atoms with Gasteiger partial charge in [0.1, 0.15) is 0 Å². The minimum Gasteiger partial charge on any atom is -0.493 e. The van der Waals surface area contributed by atoms with E-state index in [1.165, 1.54) is 7.11 Å². The number of ether oxygens (including phenoxy) is 5. The second-order valence-electron chi connectivity index (χ2n) is 9.52. The van der Waals surface area contributed by atoms with Gasteiger partial charge in [0.15, 0.2) is 23.0 Å². The van der Waals surface area contributed by atoms with E-state index < -0.39 is 5.91 Å². The van der Waals surface area contributed by atoms with Crippen LogP contribution in [-0.4, -0.2) is 39.4 Å². The molecule has 0 heterocycles. The molecule has 0 aromatic heterocycles. The van der Waals surface area contributed by atoms with Crippen molar-refractivity contribution < 1.29 is 28.5 Å². The molecule has 0 saturated carbocycles. The highest BCUT2D eigenvalue weighted by Gasteiger charge is 2.19. The van der Waals surface area contributed by atoms with Crippen LogP contribution < -0.4 is 23.7 Å². The molecule has 0 radical (unpaired) electrons. The summed E-state index contributed by atoms with van der Waals surface area (Å²) < 4.78 is 28.2. The summed E-state index contributed by atoms with van der Waals surface area (Å²) in [7, 11) is 4.69. The van der Waals surface area contributed by atoms with Crippen molar-refractivity contribution in [1.82, 2.24) is 0 Å². The summed E-state index contributed by atoms with van der Waals surface area (Å²) in [4.78, 5) is 15.1. The topological polar surface area (TPSA) is 112 Å². The zero-order valence-corrected chi connectivity index (χ0v) is 24.4. The van der Waals surface area contributed by atoms with Crippen molar-refractivity contribution in [3.05, 3.63) is 86.8 Å². The lowest BCUT2D eigenvalue weighted by molar-refractivity contribution is 0.0993. The number of carbonyl (C=O) groups is 1. The molecule has 9 nitrogen and oxygen atoms in total. The van der Waals surface area contributed by atoms with Crippen molar-refractivity contribution in [2.45, 2.75) is 39.9 Å². The van der Waals surface area contributed by atoms with Crippen LogP contribution in [0.3, 0.4) is 0 Å². The molecule has 0 bridgehead atoms. The Morgan fingerprint density at radius 1 is 0.683 bits per heavy atom. The highest BCUT2D eigenvalue weighted by Crippen LogP contribution is 2.40. The molecule has 0 spiro atoms. The molecule has 214 valence electrons. The fourth-order valence-corrected chi connectivity index (χ4v) is 3.93. The Hall–Kier alpha value is -4.88. The maximum absolute atomic E-state index is 12.5. The quantitative estimate of drug-likeness (QED) is 0.0963. The van der Waals surface area contributed by atoms with E-state index in [0.29, 0.717) is 28.6 Å². The van der Waals surface area contributed by atoms with E-state index >= 15 is 0 Å². The number of nitrogens with zero attached hydrogens (tertiary/aromatic N) is 3. The van der Waals surface area contributed by atoms with Gasteiger partial charge in [-0.25, -0.2) is 0 Å². The normalized spacial score (nSPS) is 11.1. The van der Waals surface area contributed by atoms with Crippen molar-refractivity contribution in [1.29, 1.82) is 0 Å². The van der Waals surface area contributed by atoms with Gasteiger partial charge in [0.05, 0.1) is 39.1 Å². The molecule has 41 heavy (non-hydrogen) atoms. The van der Waals surface area contributed by atoms with Gasteiger partial charge in [-0.05, 0) is 84.9 Å². The number of methoxy groups -OCH3 is 3. The Balaban J connectivity index is 1.84. The number of rotatable bonds is 12. The fraction of sp³-hybridized carbons (Fsp3) is 0.281. The minimum atomic E-state index is -0.745. The van der Waals surface area contributed by atoms with E-state index in [-0.39, 0.29) is 23.5 Å². The highest BCUT2D eigenvalue weighted by atomic mass is 16.5. The number of amides is 1. The largest absolute Gasteiger partial charge is 0.493 e. The third kappa shape index (κ3) is 8.30. The SMILES string of the molecule is COc1cc(/C=C/c2ccc(/C=C/c3cc(OC)c(OC(C)C)c(C(=O)N=[N+]=[N-])c3)cc2)cc(OC)c1OC(C)C. The van der Waals surface area contributed by atoms with Crippen LogP contribution in [0.2, 0.25) is 0 Å². The van der Waals surface area contributed by atoms with Crippen LogP contribution in [0.5, 0.6) is 28.7 Å². The van der Waals surface area contributed by atoms with Gasteiger partial charge in [0.2, 0.25) is 5.75 Å². The van der Waals surface area contributed by atoms with Gasteiger partial charge >= 0.3 is 0 Å². The van der Waals surface area contributed by atoms with E-state index in [4.69, 9.17) is 29.2 Å². The number of benzene rings is 3. The molecule has 0 unspecified atom stereocenters. The summed E-state index contributed by atoms with van der Waals surface area (Å²) >= 11 is 0. The summed E-state index contributed by atoms with van der Waals surface area (Å²) in [5.41, 5.74) is 12.4. The van der Waals surface area contributed by atoms with Gasteiger partial charge in [-0.2, -0.15) is 0 Å². The number of hydrogen-bond acceptors (Lipinski definition) is 6. The molecule has 0 aliphatic carbocycles. The minimum absolute atomic E-state index is 0.0192. The smallest absolute Gasteiger partial charge is 0.253 e. The van der Waals surface area contributed by atoms with Crippen molar-refractivity contribution >= 4 is 30.2 Å². The summed E-state index contributed by atoms with van der Waals surface area (Å²) in [6.07, 6.45) is 7.50. The van der Waals surface area contributed by atoms with Gasteiger partial charge in [-0.3, -0.25) is 4.79 Å². The zero-order valence-electron chi connectivity index (χ0n) is 24.4. The third-order valence-electron chi connectivity index (χ3n) is 5.73. The third-order valence-corrected chi connectivity index (χ3v) is 5.73. The van der Waals surface area contributed by atoms with Crippen LogP contribution in [0.1, 0.15) is 60.3 Å². The summed E-state index contributed by atoms with van der Waals surface area (Å²) in [5, 5.41) is 3.24. The van der Waals surface area contributed by atoms with Gasteiger partial charge in [-0.15, -0.1) is 0 Å². The number of carbonyl (C=O) groups excluding carboxylic acids is 1. The summed E-state index contributed by atoms with van der Waals surface area (Å²) in [6.45, 7) is 7.57. The second kappa shape index (κ2) is 14.5. The maximum atomic E-state index is 12.5. The first-order chi connectivity index (χ1) is 19.7. The lowest BCUT2D eigenvalue weighted by Crippen LogP contribution is -2.11. The number of azide groups is 1.